The van der Waals surface area contributed by atoms with Crippen LogP contribution < -0.4 is 5.32 Å². The van der Waals surface area contributed by atoms with E-state index in [1.54, 1.807) is 44.2 Å². The molecule has 0 amide bonds. The molecule has 1 N–H and O–H groups in total. The summed E-state index contributed by atoms with van der Waals surface area (Å²) in [6, 6.07) is 7.04. The minimum Gasteiger partial charge on any atom is -0.316 e. The lowest BCUT2D eigenvalue weighted by molar-refractivity contribution is 0.465. The van der Waals surface area contributed by atoms with E-state index in [4.69, 9.17) is 0 Å². The van der Waals surface area contributed by atoms with Crippen molar-refractivity contribution >= 4 is 10.0 Å². The van der Waals surface area contributed by atoms with Crippen LogP contribution in [0.15, 0.2) is 41.6 Å². The molecule has 1 aromatic carbocycles. The molecule has 0 fully saturated rings. The predicted octanol–water partition coefficient (Wildman–Crippen LogP) is 0.960. The second-order valence-electron chi connectivity index (χ2n) is 4.92. The number of aryl methyl sites for hydroxylation is 1. The van der Waals surface area contributed by atoms with Crippen LogP contribution in [0.1, 0.15) is 11.1 Å². The van der Waals surface area contributed by atoms with Crippen LogP contribution in [-0.4, -0.2) is 36.6 Å². The fraction of sp³-hybridized carbons (Fsp3) is 0.357. The average Bonchev–Trinajstić information content (AvgIpc) is 2.85. The monoisotopic (exact) mass is 308 g/mol. The van der Waals surface area contributed by atoms with Gasteiger partial charge in [-0.25, -0.2) is 8.42 Å². The van der Waals surface area contributed by atoms with Crippen molar-refractivity contribution in [2.24, 2.45) is 7.05 Å². The molecule has 0 spiro atoms. The molecule has 2 aromatic rings. The standard InChI is InChI=1S/C14H20N4O2S/c1-15-9-13-6-4-5-7-14(13)21(19,20)18(3)11-12-8-16-17(2)10-12/h4-8,10,15H,9,11H2,1-3H3. The van der Waals surface area contributed by atoms with Gasteiger partial charge >= 0.3 is 0 Å². The first kappa shape index (κ1) is 15.7. The molecule has 0 radical (unpaired) electrons. The highest BCUT2D eigenvalue weighted by Gasteiger charge is 2.23. The fourth-order valence-corrected chi connectivity index (χ4v) is 3.53. The summed E-state index contributed by atoms with van der Waals surface area (Å²) >= 11 is 0. The molecule has 0 aliphatic heterocycles. The second-order valence-corrected chi connectivity index (χ2v) is 6.93. The van der Waals surface area contributed by atoms with E-state index in [1.807, 2.05) is 18.3 Å². The number of aromatic nitrogens is 2. The lowest BCUT2D eigenvalue weighted by Gasteiger charge is -2.18. The van der Waals surface area contributed by atoms with Crippen molar-refractivity contribution in [2.45, 2.75) is 18.0 Å². The Morgan fingerprint density at radius 2 is 2.05 bits per heavy atom. The third-order valence-electron chi connectivity index (χ3n) is 3.19. The predicted molar refractivity (Wildman–Crippen MR) is 81.1 cm³/mol. The van der Waals surface area contributed by atoms with Crippen molar-refractivity contribution in [1.29, 1.82) is 0 Å². The summed E-state index contributed by atoms with van der Waals surface area (Å²) in [5.41, 5.74) is 1.62. The van der Waals surface area contributed by atoms with E-state index in [1.165, 1.54) is 4.31 Å². The molecule has 0 atom stereocenters. The van der Waals surface area contributed by atoms with E-state index in [0.717, 1.165) is 11.1 Å². The molecule has 0 unspecified atom stereocenters. The molecule has 1 heterocycles. The normalized spacial score (nSPS) is 12.0. The van der Waals surface area contributed by atoms with Crippen LogP contribution in [0.4, 0.5) is 0 Å². The molecule has 0 bridgehead atoms. The molecule has 0 aliphatic rings. The summed E-state index contributed by atoms with van der Waals surface area (Å²) in [6.45, 7) is 0.806. The molecular formula is C14H20N4O2S. The van der Waals surface area contributed by atoms with Gasteiger partial charge in [0, 0.05) is 38.9 Å². The molecule has 0 saturated carbocycles. The second kappa shape index (κ2) is 6.38. The molecule has 1 aromatic heterocycles. The van der Waals surface area contributed by atoms with Gasteiger partial charge in [-0.3, -0.25) is 4.68 Å². The van der Waals surface area contributed by atoms with Crippen molar-refractivity contribution in [2.75, 3.05) is 14.1 Å². The van der Waals surface area contributed by atoms with Crippen molar-refractivity contribution in [3.05, 3.63) is 47.8 Å². The zero-order valence-electron chi connectivity index (χ0n) is 12.4. The highest BCUT2D eigenvalue weighted by molar-refractivity contribution is 7.89. The summed E-state index contributed by atoms with van der Waals surface area (Å²) in [4.78, 5) is 0.339. The Labute approximate surface area is 125 Å². The van der Waals surface area contributed by atoms with Gasteiger partial charge in [-0.2, -0.15) is 9.40 Å². The van der Waals surface area contributed by atoms with Crippen LogP contribution in [0, 0.1) is 0 Å². The van der Waals surface area contributed by atoms with E-state index in [2.05, 4.69) is 10.4 Å². The van der Waals surface area contributed by atoms with Crippen LogP contribution in [0.5, 0.6) is 0 Å². The number of hydrogen-bond acceptors (Lipinski definition) is 4. The van der Waals surface area contributed by atoms with E-state index in [-0.39, 0.29) is 0 Å². The van der Waals surface area contributed by atoms with Crippen molar-refractivity contribution in [1.82, 2.24) is 19.4 Å². The maximum atomic E-state index is 12.7. The maximum Gasteiger partial charge on any atom is 0.243 e. The number of nitrogens with zero attached hydrogens (tertiary/aromatic N) is 3. The Morgan fingerprint density at radius 3 is 2.67 bits per heavy atom. The van der Waals surface area contributed by atoms with Gasteiger partial charge in [0.2, 0.25) is 10.0 Å². The summed E-state index contributed by atoms with van der Waals surface area (Å²) in [5, 5.41) is 7.05. The van der Waals surface area contributed by atoms with E-state index >= 15 is 0 Å². The molecule has 6 nitrogen and oxygen atoms in total. The molecule has 2 rings (SSSR count). The lowest BCUT2D eigenvalue weighted by atomic mass is 10.2. The van der Waals surface area contributed by atoms with Crippen LogP contribution >= 0.6 is 0 Å². The third kappa shape index (κ3) is 3.49. The quantitative estimate of drug-likeness (QED) is 0.863. The first-order chi connectivity index (χ1) is 9.95. The van der Waals surface area contributed by atoms with E-state index in [9.17, 15) is 8.42 Å². The number of hydrogen-bond donors (Lipinski definition) is 1. The Balaban J connectivity index is 2.28. The Bertz CT molecular complexity index is 709. The first-order valence-corrected chi connectivity index (χ1v) is 8.05. The molecule has 7 heteroatoms. The van der Waals surface area contributed by atoms with Gasteiger partial charge in [-0.05, 0) is 18.7 Å². The Hall–Kier alpha value is -1.70. The Morgan fingerprint density at radius 1 is 1.33 bits per heavy atom. The van der Waals surface area contributed by atoms with E-state index in [0.29, 0.717) is 18.0 Å². The van der Waals surface area contributed by atoms with Gasteiger partial charge in [0.15, 0.2) is 0 Å². The van der Waals surface area contributed by atoms with Crippen LogP contribution in [0.3, 0.4) is 0 Å². The van der Waals surface area contributed by atoms with Gasteiger partial charge in [0.05, 0.1) is 11.1 Å². The van der Waals surface area contributed by atoms with Gasteiger partial charge in [0.25, 0.3) is 0 Å². The fourth-order valence-electron chi connectivity index (χ4n) is 2.16. The SMILES string of the molecule is CNCc1ccccc1S(=O)(=O)N(C)Cc1cnn(C)c1. The summed E-state index contributed by atoms with van der Waals surface area (Å²) < 4.78 is 28.4. The largest absolute Gasteiger partial charge is 0.316 e. The summed E-state index contributed by atoms with van der Waals surface area (Å²) in [7, 11) is 1.66. The number of benzene rings is 1. The zero-order valence-corrected chi connectivity index (χ0v) is 13.3. The van der Waals surface area contributed by atoms with Crippen LogP contribution in [0.25, 0.3) is 0 Å². The maximum absolute atomic E-state index is 12.7. The highest BCUT2D eigenvalue weighted by atomic mass is 32.2. The van der Waals surface area contributed by atoms with Gasteiger partial charge in [0.1, 0.15) is 0 Å². The van der Waals surface area contributed by atoms with Gasteiger partial charge < -0.3 is 5.32 Å². The third-order valence-corrected chi connectivity index (χ3v) is 5.10. The number of rotatable bonds is 6. The highest BCUT2D eigenvalue weighted by Crippen LogP contribution is 2.20. The molecular weight excluding hydrogens is 288 g/mol. The molecule has 0 saturated heterocycles. The topological polar surface area (TPSA) is 67.2 Å². The average molecular weight is 308 g/mol. The Kier molecular flexibility index (Phi) is 4.76. The summed E-state index contributed by atoms with van der Waals surface area (Å²) in [5.74, 6) is 0. The first-order valence-electron chi connectivity index (χ1n) is 6.61. The molecule has 0 aliphatic carbocycles. The minimum absolute atomic E-state index is 0.296. The van der Waals surface area contributed by atoms with Crippen molar-refractivity contribution < 1.29 is 8.42 Å². The van der Waals surface area contributed by atoms with Crippen molar-refractivity contribution in [3.8, 4) is 0 Å². The van der Waals surface area contributed by atoms with Gasteiger partial charge in [-0.1, -0.05) is 18.2 Å². The lowest BCUT2D eigenvalue weighted by Crippen LogP contribution is -2.27. The smallest absolute Gasteiger partial charge is 0.243 e. The van der Waals surface area contributed by atoms with Gasteiger partial charge in [-0.15, -0.1) is 0 Å². The summed E-state index contributed by atoms with van der Waals surface area (Å²) in [6.07, 6.45) is 3.48. The van der Waals surface area contributed by atoms with Crippen LogP contribution in [-0.2, 0) is 30.2 Å². The minimum atomic E-state index is -3.52. The zero-order chi connectivity index (χ0) is 15.5. The van der Waals surface area contributed by atoms with Crippen LogP contribution in [0.2, 0.25) is 0 Å². The molecule has 114 valence electrons. The van der Waals surface area contributed by atoms with Crippen molar-refractivity contribution in [3.63, 3.8) is 0 Å². The number of sulfonamides is 1. The van der Waals surface area contributed by atoms with E-state index < -0.39 is 10.0 Å². The number of nitrogens with one attached hydrogen (secondary N) is 1. The molecule has 21 heavy (non-hydrogen) atoms.